The molecule has 114 valence electrons. The molecule has 1 aliphatic carbocycles. The van der Waals surface area contributed by atoms with Crippen molar-refractivity contribution in [2.45, 2.75) is 38.9 Å². The molecule has 1 amide bonds. The summed E-state index contributed by atoms with van der Waals surface area (Å²) in [6, 6.07) is 7.86. The molecule has 2 aliphatic rings. The highest BCUT2D eigenvalue weighted by atomic mass is 16.5. The van der Waals surface area contributed by atoms with Crippen molar-refractivity contribution in [3.05, 3.63) is 29.8 Å². The molecule has 0 bridgehead atoms. The minimum absolute atomic E-state index is 0.0381. The molecular weight excluding hydrogens is 264 g/mol. The van der Waals surface area contributed by atoms with Crippen molar-refractivity contribution < 1.29 is 9.53 Å². The molecule has 1 aromatic carbocycles. The standard InChI is InChI=1S/C17H24N2O2/c1-11(13-7-8-13)10-19-16(18-12(2)17(19)20)14-5-4-6-15(9-14)21-3/h4-6,9,11-13,16,18H,7-8,10H2,1-3H3. The highest BCUT2D eigenvalue weighted by molar-refractivity contribution is 5.84. The largest absolute Gasteiger partial charge is 0.497 e. The fraction of sp³-hybridized carbons (Fsp3) is 0.588. The maximum Gasteiger partial charge on any atom is 0.241 e. The summed E-state index contributed by atoms with van der Waals surface area (Å²) in [5.74, 6) is 2.42. The molecule has 1 N–H and O–H groups in total. The van der Waals surface area contributed by atoms with E-state index in [0.29, 0.717) is 5.92 Å². The van der Waals surface area contributed by atoms with Gasteiger partial charge in [-0.3, -0.25) is 10.1 Å². The van der Waals surface area contributed by atoms with Crippen molar-refractivity contribution in [1.82, 2.24) is 10.2 Å². The summed E-state index contributed by atoms with van der Waals surface area (Å²) >= 11 is 0. The van der Waals surface area contributed by atoms with Gasteiger partial charge in [0.25, 0.3) is 0 Å². The quantitative estimate of drug-likeness (QED) is 0.905. The van der Waals surface area contributed by atoms with E-state index in [1.54, 1.807) is 7.11 Å². The number of amides is 1. The van der Waals surface area contributed by atoms with Gasteiger partial charge >= 0.3 is 0 Å². The lowest BCUT2D eigenvalue weighted by Gasteiger charge is -2.27. The average Bonchev–Trinajstić information content (AvgIpc) is 3.30. The van der Waals surface area contributed by atoms with Crippen LogP contribution in [0.1, 0.15) is 38.4 Å². The van der Waals surface area contributed by atoms with E-state index >= 15 is 0 Å². The number of rotatable bonds is 5. The summed E-state index contributed by atoms with van der Waals surface area (Å²) < 4.78 is 5.30. The van der Waals surface area contributed by atoms with Crippen molar-refractivity contribution in [3.63, 3.8) is 0 Å². The molecule has 4 nitrogen and oxygen atoms in total. The summed E-state index contributed by atoms with van der Waals surface area (Å²) in [5, 5.41) is 3.41. The number of benzene rings is 1. The molecule has 21 heavy (non-hydrogen) atoms. The average molecular weight is 288 g/mol. The van der Waals surface area contributed by atoms with Crippen LogP contribution in [0.4, 0.5) is 0 Å². The normalized spacial score (nSPS) is 27.0. The second-order valence-electron chi connectivity index (χ2n) is 6.37. The van der Waals surface area contributed by atoms with Crippen LogP contribution in [0.15, 0.2) is 24.3 Å². The Labute approximate surface area is 126 Å². The SMILES string of the molecule is COc1cccc(C2NC(C)C(=O)N2CC(C)C2CC2)c1. The van der Waals surface area contributed by atoms with Gasteiger partial charge in [-0.25, -0.2) is 0 Å². The summed E-state index contributed by atoms with van der Waals surface area (Å²) in [7, 11) is 1.67. The number of ether oxygens (including phenoxy) is 1. The van der Waals surface area contributed by atoms with E-state index in [1.807, 2.05) is 30.0 Å². The molecule has 2 fully saturated rings. The molecule has 1 saturated carbocycles. The monoisotopic (exact) mass is 288 g/mol. The molecule has 3 rings (SSSR count). The topological polar surface area (TPSA) is 41.6 Å². The Morgan fingerprint density at radius 3 is 2.86 bits per heavy atom. The first kappa shape index (κ1) is 14.4. The maximum atomic E-state index is 12.5. The number of hydrogen-bond acceptors (Lipinski definition) is 3. The third-order valence-electron chi connectivity index (χ3n) is 4.69. The van der Waals surface area contributed by atoms with Gasteiger partial charge in [0.1, 0.15) is 11.9 Å². The molecular formula is C17H24N2O2. The first-order chi connectivity index (χ1) is 10.1. The van der Waals surface area contributed by atoms with Gasteiger partial charge in [0, 0.05) is 6.54 Å². The van der Waals surface area contributed by atoms with Gasteiger partial charge in [0.15, 0.2) is 0 Å². The Morgan fingerprint density at radius 2 is 2.19 bits per heavy atom. The van der Waals surface area contributed by atoms with E-state index in [0.717, 1.165) is 23.8 Å². The Bertz CT molecular complexity index is 527. The minimum atomic E-state index is -0.118. The van der Waals surface area contributed by atoms with Crippen LogP contribution in [0.25, 0.3) is 0 Å². The van der Waals surface area contributed by atoms with Crippen molar-refractivity contribution in [1.29, 1.82) is 0 Å². The Hall–Kier alpha value is -1.55. The first-order valence-electron chi connectivity index (χ1n) is 7.80. The van der Waals surface area contributed by atoms with E-state index in [4.69, 9.17) is 4.74 Å². The van der Waals surface area contributed by atoms with E-state index in [2.05, 4.69) is 18.3 Å². The highest BCUT2D eigenvalue weighted by Crippen LogP contribution is 2.38. The summed E-state index contributed by atoms with van der Waals surface area (Å²) in [6.07, 6.45) is 2.59. The van der Waals surface area contributed by atoms with Gasteiger partial charge in [-0.15, -0.1) is 0 Å². The number of hydrogen-bond donors (Lipinski definition) is 1. The summed E-state index contributed by atoms with van der Waals surface area (Å²) in [5.41, 5.74) is 1.09. The van der Waals surface area contributed by atoms with Crippen LogP contribution in [0.3, 0.4) is 0 Å². The van der Waals surface area contributed by atoms with Crippen LogP contribution < -0.4 is 10.1 Å². The Balaban J connectivity index is 1.81. The molecule has 4 heteroatoms. The van der Waals surface area contributed by atoms with Crippen LogP contribution in [-0.2, 0) is 4.79 Å². The second kappa shape index (κ2) is 5.68. The number of nitrogens with zero attached hydrogens (tertiary/aromatic N) is 1. The number of carbonyl (C=O) groups excluding carboxylic acids is 1. The molecule has 1 saturated heterocycles. The van der Waals surface area contributed by atoms with Crippen molar-refractivity contribution >= 4 is 5.91 Å². The fourth-order valence-electron chi connectivity index (χ4n) is 3.18. The molecule has 0 aromatic heterocycles. The highest BCUT2D eigenvalue weighted by Gasteiger charge is 2.39. The minimum Gasteiger partial charge on any atom is -0.497 e. The molecule has 3 unspecified atom stereocenters. The van der Waals surface area contributed by atoms with Gasteiger partial charge in [0.2, 0.25) is 5.91 Å². The van der Waals surface area contributed by atoms with Crippen LogP contribution in [-0.4, -0.2) is 30.5 Å². The van der Waals surface area contributed by atoms with E-state index in [1.165, 1.54) is 12.8 Å². The van der Waals surface area contributed by atoms with Crippen molar-refractivity contribution in [2.24, 2.45) is 11.8 Å². The molecule has 1 aromatic rings. The second-order valence-corrected chi connectivity index (χ2v) is 6.37. The van der Waals surface area contributed by atoms with Crippen molar-refractivity contribution in [2.75, 3.05) is 13.7 Å². The number of methoxy groups -OCH3 is 1. The number of carbonyl (C=O) groups is 1. The molecule has 0 radical (unpaired) electrons. The zero-order valence-corrected chi connectivity index (χ0v) is 13.0. The van der Waals surface area contributed by atoms with E-state index in [9.17, 15) is 4.79 Å². The van der Waals surface area contributed by atoms with Crippen molar-refractivity contribution in [3.8, 4) is 5.75 Å². The zero-order chi connectivity index (χ0) is 15.0. The molecule has 1 heterocycles. The van der Waals surface area contributed by atoms with E-state index < -0.39 is 0 Å². The van der Waals surface area contributed by atoms with Crippen LogP contribution in [0.2, 0.25) is 0 Å². The van der Waals surface area contributed by atoms with Gasteiger partial charge in [0.05, 0.1) is 13.2 Å². The molecule has 3 atom stereocenters. The Morgan fingerprint density at radius 1 is 1.43 bits per heavy atom. The smallest absolute Gasteiger partial charge is 0.241 e. The van der Waals surface area contributed by atoms with Gasteiger partial charge in [-0.2, -0.15) is 0 Å². The lowest BCUT2D eigenvalue weighted by molar-refractivity contribution is -0.130. The van der Waals surface area contributed by atoms with Crippen LogP contribution in [0, 0.1) is 11.8 Å². The van der Waals surface area contributed by atoms with E-state index in [-0.39, 0.29) is 18.1 Å². The predicted octanol–water partition coefficient (Wildman–Crippen LogP) is 2.56. The van der Waals surface area contributed by atoms with Gasteiger partial charge in [-0.05, 0) is 49.3 Å². The molecule has 1 aliphatic heterocycles. The van der Waals surface area contributed by atoms with Gasteiger partial charge in [-0.1, -0.05) is 19.1 Å². The lowest BCUT2D eigenvalue weighted by Crippen LogP contribution is -2.35. The third-order valence-corrected chi connectivity index (χ3v) is 4.69. The van der Waals surface area contributed by atoms with Crippen LogP contribution >= 0.6 is 0 Å². The predicted molar refractivity (Wildman–Crippen MR) is 81.9 cm³/mol. The first-order valence-corrected chi connectivity index (χ1v) is 7.80. The third kappa shape index (κ3) is 2.91. The summed E-state index contributed by atoms with van der Waals surface area (Å²) in [4.78, 5) is 14.5. The summed E-state index contributed by atoms with van der Waals surface area (Å²) in [6.45, 7) is 5.04. The lowest BCUT2D eigenvalue weighted by atomic mass is 10.0. The zero-order valence-electron chi connectivity index (χ0n) is 13.0. The molecule has 0 spiro atoms. The van der Waals surface area contributed by atoms with Gasteiger partial charge < -0.3 is 9.64 Å². The number of nitrogens with one attached hydrogen (secondary N) is 1. The fourth-order valence-corrected chi connectivity index (χ4v) is 3.18. The van der Waals surface area contributed by atoms with Crippen LogP contribution in [0.5, 0.6) is 5.75 Å². The Kier molecular flexibility index (Phi) is 3.89. The maximum absolute atomic E-state index is 12.5.